The van der Waals surface area contributed by atoms with Crippen LogP contribution in [-0.4, -0.2) is 50.7 Å². The second kappa shape index (κ2) is 9.72. The normalized spacial score (nSPS) is 16.9. The lowest BCUT2D eigenvalue weighted by Crippen LogP contribution is -2.49. The number of ether oxygens (including phenoxy) is 2. The molecule has 1 fully saturated rings. The minimum atomic E-state index is -4.99. The van der Waals surface area contributed by atoms with Gasteiger partial charge in [-0.25, -0.2) is 0 Å². The Labute approximate surface area is 158 Å². The molecule has 1 aromatic carbocycles. The fraction of sp³-hybridized carbons (Fsp3) is 0.571. The smallest absolute Gasteiger partial charge is 0.496 e. The number of piperazine rings is 1. The van der Waals surface area contributed by atoms with Crippen LogP contribution in [0.25, 0.3) is 0 Å². The summed E-state index contributed by atoms with van der Waals surface area (Å²) < 4.78 is 86.5. The molecule has 0 bridgehead atoms. The van der Waals surface area contributed by atoms with Crippen LogP contribution >= 0.6 is 24.8 Å². The van der Waals surface area contributed by atoms with Gasteiger partial charge in [0.25, 0.3) is 0 Å². The molecule has 0 radical (unpaired) electrons. The zero-order valence-corrected chi connectivity index (χ0v) is 15.1. The second-order valence-corrected chi connectivity index (χ2v) is 5.18. The monoisotopic (exact) mass is 430 g/mol. The molecule has 4 nitrogen and oxygen atoms in total. The van der Waals surface area contributed by atoms with Crippen LogP contribution in [0, 0.1) is 0 Å². The fourth-order valence-corrected chi connectivity index (χ4v) is 2.64. The molecule has 0 amide bonds. The first-order valence-corrected chi connectivity index (χ1v) is 7.07. The van der Waals surface area contributed by atoms with Crippen molar-refractivity contribution in [1.29, 1.82) is 0 Å². The predicted octanol–water partition coefficient (Wildman–Crippen LogP) is 3.95. The maximum atomic E-state index is 13.6. The molecule has 0 spiro atoms. The Morgan fingerprint density at radius 3 is 2.08 bits per heavy atom. The molecule has 1 saturated heterocycles. The molecule has 1 aliphatic rings. The van der Waals surface area contributed by atoms with Crippen LogP contribution in [0.2, 0.25) is 0 Å². The van der Waals surface area contributed by atoms with E-state index in [9.17, 15) is 26.3 Å². The highest BCUT2D eigenvalue weighted by Gasteiger charge is 2.46. The van der Waals surface area contributed by atoms with Crippen LogP contribution in [0.5, 0.6) is 11.5 Å². The summed E-state index contributed by atoms with van der Waals surface area (Å²) in [4.78, 5) is 1.16. The molecule has 0 aliphatic carbocycles. The van der Waals surface area contributed by atoms with E-state index >= 15 is 0 Å². The zero-order chi connectivity index (χ0) is 18.0. The average molecular weight is 431 g/mol. The molecule has 1 atom stereocenters. The Balaban J connectivity index is 0.00000312. The van der Waals surface area contributed by atoms with Gasteiger partial charge in [0.15, 0.2) is 0 Å². The second-order valence-electron chi connectivity index (χ2n) is 5.18. The number of methoxy groups -OCH3 is 1. The Bertz CT molecular complexity index is 565. The van der Waals surface area contributed by atoms with Gasteiger partial charge in [0.1, 0.15) is 17.5 Å². The summed E-state index contributed by atoms with van der Waals surface area (Å²) in [5.41, 5.74) is -0.409. The van der Waals surface area contributed by atoms with E-state index in [1.165, 1.54) is 0 Å². The molecule has 1 aromatic rings. The fourth-order valence-electron chi connectivity index (χ4n) is 2.64. The quantitative estimate of drug-likeness (QED) is 0.733. The molecule has 1 N–H and O–H groups in total. The Morgan fingerprint density at radius 2 is 1.62 bits per heavy atom. The highest BCUT2D eigenvalue weighted by Crippen LogP contribution is 2.43. The minimum absolute atomic E-state index is 0. The summed E-state index contributed by atoms with van der Waals surface area (Å²) in [7, 11) is 1.16. The topological polar surface area (TPSA) is 33.7 Å². The Kier molecular flexibility index (Phi) is 9.31. The Morgan fingerprint density at radius 1 is 1.04 bits per heavy atom. The van der Waals surface area contributed by atoms with Gasteiger partial charge in [-0.05, 0) is 18.2 Å². The van der Waals surface area contributed by atoms with E-state index in [0.717, 1.165) is 30.2 Å². The lowest BCUT2D eigenvalue weighted by atomic mass is 10.0. The molecule has 1 heterocycles. The van der Waals surface area contributed by atoms with Crippen molar-refractivity contribution >= 4 is 24.8 Å². The Hall–Kier alpha value is -1.10. The first kappa shape index (κ1) is 24.9. The SMILES string of the molecule is COc1ccc(OC(F)(F)F)cc1[C@@H](N1CCNCC1)C(F)(F)F.Cl.Cl. The molecule has 152 valence electrons. The van der Waals surface area contributed by atoms with E-state index in [4.69, 9.17) is 4.74 Å². The number of nitrogens with one attached hydrogen (secondary N) is 1. The van der Waals surface area contributed by atoms with Crippen LogP contribution in [0.3, 0.4) is 0 Å². The van der Waals surface area contributed by atoms with Crippen LogP contribution < -0.4 is 14.8 Å². The highest BCUT2D eigenvalue weighted by molar-refractivity contribution is 5.85. The van der Waals surface area contributed by atoms with Crippen molar-refractivity contribution in [2.75, 3.05) is 33.3 Å². The maximum Gasteiger partial charge on any atom is 0.573 e. The van der Waals surface area contributed by atoms with Crippen LogP contribution in [0.4, 0.5) is 26.3 Å². The highest BCUT2D eigenvalue weighted by atomic mass is 35.5. The summed E-state index contributed by atoms with van der Waals surface area (Å²) >= 11 is 0. The molecule has 1 aliphatic heterocycles. The third-order valence-corrected chi connectivity index (χ3v) is 3.56. The van der Waals surface area contributed by atoms with Crippen LogP contribution in [0.1, 0.15) is 11.6 Å². The van der Waals surface area contributed by atoms with E-state index in [0.29, 0.717) is 13.1 Å². The summed E-state index contributed by atoms with van der Waals surface area (Å²) in [5, 5.41) is 2.93. The van der Waals surface area contributed by atoms with Gasteiger partial charge in [-0.2, -0.15) is 13.2 Å². The van der Waals surface area contributed by atoms with Gasteiger partial charge in [-0.1, -0.05) is 0 Å². The standard InChI is InChI=1S/C14H16F6N2O2.2ClH/c1-23-11-3-2-9(24-14(18,19)20)8-10(11)12(13(15,16)17)22-6-4-21-5-7-22;;/h2-3,8,12,21H,4-7H2,1H3;2*1H/t12-;;/m1../s1. The molecule has 0 unspecified atom stereocenters. The summed E-state index contributed by atoms with van der Waals surface area (Å²) in [6, 6.07) is 0.608. The number of rotatable bonds is 4. The minimum Gasteiger partial charge on any atom is -0.496 e. The third kappa shape index (κ3) is 6.57. The number of alkyl halides is 6. The number of halogens is 8. The van der Waals surface area contributed by atoms with Crippen molar-refractivity contribution in [3.05, 3.63) is 23.8 Å². The number of nitrogens with zero attached hydrogens (tertiary/aromatic N) is 1. The van der Waals surface area contributed by atoms with Gasteiger partial charge >= 0.3 is 12.5 Å². The van der Waals surface area contributed by atoms with Gasteiger partial charge in [0.2, 0.25) is 0 Å². The number of hydrogen-bond donors (Lipinski definition) is 1. The molecule has 26 heavy (non-hydrogen) atoms. The van der Waals surface area contributed by atoms with Gasteiger partial charge in [0, 0.05) is 31.7 Å². The molecular formula is C14H18Cl2F6N2O2. The lowest BCUT2D eigenvalue weighted by molar-refractivity contribution is -0.274. The summed E-state index contributed by atoms with van der Waals surface area (Å²) in [6.07, 6.45) is -9.67. The van der Waals surface area contributed by atoms with Gasteiger partial charge in [-0.15, -0.1) is 38.0 Å². The van der Waals surface area contributed by atoms with Crippen molar-refractivity contribution in [2.45, 2.75) is 18.6 Å². The number of benzene rings is 1. The van der Waals surface area contributed by atoms with E-state index < -0.39 is 29.9 Å². The first-order valence-electron chi connectivity index (χ1n) is 7.07. The zero-order valence-electron chi connectivity index (χ0n) is 13.5. The largest absolute Gasteiger partial charge is 0.573 e. The molecule has 0 aromatic heterocycles. The number of hydrogen-bond acceptors (Lipinski definition) is 4. The van der Waals surface area contributed by atoms with Crippen molar-refractivity contribution in [2.24, 2.45) is 0 Å². The van der Waals surface area contributed by atoms with Gasteiger partial charge in [0.05, 0.1) is 7.11 Å². The lowest BCUT2D eigenvalue weighted by Gasteiger charge is -2.36. The molecule has 12 heteroatoms. The molecule has 0 saturated carbocycles. The van der Waals surface area contributed by atoms with Gasteiger partial charge < -0.3 is 14.8 Å². The van der Waals surface area contributed by atoms with E-state index in [2.05, 4.69) is 10.1 Å². The van der Waals surface area contributed by atoms with Gasteiger partial charge in [-0.3, -0.25) is 4.90 Å². The van der Waals surface area contributed by atoms with Crippen molar-refractivity contribution in [1.82, 2.24) is 10.2 Å². The third-order valence-electron chi connectivity index (χ3n) is 3.56. The van der Waals surface area contributed by atoms with Crippen molar-refractivity contribution < 1.29 is 35.8 Å². The summed E-state index contributed by atoms with van der Waals surface area (Å²) in [5.74, 6) is -0.868. The maximum absolute atomic E-state index is 13.6. The van der Waals surface area contributed by atoms with Crippen molar-refractivity contribution in [3.8, 4) is 11.5 Å². The van der Waals surface area contributed by atoms with Crippen LogP contribution in [0.15, 0.2) is 18.2 Å². The summed E-state index contributed by atoms with van der Waals surface area (Å²) in [6.45, 7) is 0.927. The van der Waals surface area contributed by atoms with E-state index in [-0.39, 0.29) is 43.7 Å². The van der Waals surface area contributed by atoms with Crippen molar-refractivity contribution in [3.63, 3.8) is 0 Å². The van der Waals surface area contributed by atoms with E-state index in [1.54, 1.807) is 0 Å². The molecular weight excluding hydrogens is 413 g/mol. The first-order chi connectivity index (χ1) is 11.1. The average Bonchev–Trinajstić information content (AvgIpc) is 2.46. The van der Waals surface area contributed by atoms with Crippen LogP contribution in [-0.2, 0) is 0 Å². The predicted molar refractivity (Wildman–Crippen MR) is 87.4 cm³/mol. The molecule has 2 rings (SSSR count). The van der Waals surface area contributed by atoms with E-state index in [1.807, 2.05) is 0 Å².